The lowest BCUT2D eigenvalue weighted by Crippen LogP contribution is -2.54. The number of non-ortho nitro benzene ring substituents is 1. The Morgan fingerprint density at radius 1 is 0.900 bits per heavy atom. The van der Waals surface area contributed by atoms with Gasteiger partial charge < -0.3 is 5.11 Å². The SMILES string of the molecule is Cc1nn(C(C)(C)C)n[n+]1C(C)(C)C.O=[N+]([O-])c1cc([N+](=O)[O-])c([O-])c([N+](=O)[O-])c1. The highest BCUT2D eigenvalue weighted by Gasteiger charge is 2.31. The van der Waals surface area contributed by atoms with Gasteiger partial charge in [-0.1, -0.05) is 0 Å². The lowest BCUT2D eigenvalue weighted by molar-refractivity contribution is -0.812. The van der Waals surface area contributed by atoms with Crippen LogP contribution in [0, 0.1) is 37.3 Å². The van der Waals surface area contributed by atoms with E-state index in [0.29, 0.717) is 12.1 Å². The number of aryl methyl sites for hydroxylation is 1. The molecule has 0 unspecified atom stereocenters. The molecule has 0 saturated heterocycles. The first-order valence-corrected chi connectivity index (χ1v) is 8.62. The Labute approximate surface area is 171 Å². The Bertz CT molecular complexity index is 952. The van der Waals surface area contributed by atoms with Gasteiger partial charge in [-0.05, 0) is 46.3 Å². The maximum atomic E-state index is 11.1. The summed E-state index contributed by atoms with van der Waals surface area (Å²) < 4.78 is 1.96. The highest BCUT2D eigenvalue weighted by atomic mass is 16.6. The molecule has 0 aliphatic heterocycles. The average molecular weight is 425 g/mol. The zero-order valence-electron chi connectivity index (χ0n) is 17.6. The smallest absolute Gasteiger partial charge is 0.295 e. The second kappa shape index (κ2) is 8.34. The van der Waals surface area contributed by atoms with Crippen molar-refractivity contribution in [3.05, 3.63) is 48.3 Å². The lowest BCUT2D eigenvalue weighted by atomic mass is 10.1. The van der Waals surface area contributed by atoms with Crippen LogP contribution in [0.25, 0.3) is 0 Å². The Hall–Kier alpha value is -3.71. The second-order valence-electron chi connectivity index (χ2n) is 8.26. The molecule has 164 valence electrons. The standard InChI is InChI=1S/C10H21N4.C6H3N3O7/c1-8-11-14(10(5,6)7)12-13(8)9(2,3)4;10-6-4(8(13)14)1-3(7(11)12)2-5(6)9(15)16/h1-7H3;1-2,10H/q+1;/p-1. The van der Waals surface area contributed by atoms with Crippen LogP contribution in [0.15, 0.2) is 12.1 Å². The van der Waals surface area contributed by atoms with Crippen LogP contribution in [0.4, 0.5) is 17.1 Å². The minimum absolute atomic E-state index is 0.00637. The molecule has 0 amide bonds. The predicted octanol–water partition coefficient (Wildman–Crippen LogP) is 1.87. The molecular weight excluding hydrogens is 402 g/mol. The number of nitro groups is 3. The van der Waals surface area contributed by atoms with Crippen LogP contribution >= 0.6 is 0 Å². The third-order valence-electron chi connectivity index (χ3n) is 3.59. The number of tetrazole rings is 1. The second-order valence-corrected chi connectivity index (χ2v) is 8.26. The number of hydrogen-bond donors (Lipinski definition) is 0. The fourth-order valence-corrected chi connectivity index (χ4v) is 2.21. The molecule has 14 heteroatoms. The Morgan fingerprint density at radius 3 is 1.57 bits per heavy atom. The fourth-order valence-electron chi connectivity index (χ4n) is 2.21. The summed E-state index contributed by atoms with van der Waals surface area (Å²) >= 11 is 0. The van der Waals surface area contributed by atoms with Gasteiger partial charge in [0, 0.05) is 6.92 Å². The van der Waals surface area contributed by atoms with Gasteiger partial charge in [0.25, 0.3) is 22.9 Å². The highest BCUT2D eigenvalue weighted by Crippen LogP contribution is 2.36. The van der Waals surface area contributed by atoms with Crippen molar-refractivity contribution >= 4 is 17.1 Å². The van der Waals surface area contributed by atoms with Crippen LogP contribution < -0.4 is 9.79 Å². The molecule has 0 bridgehead atoms. The quantitative estimate of drug-likeness (QED) is 0.401. The van der Waals surface area contributed by atoms with Crippen molar-refractivity contribution in [1.29, 1.82) is 0 Å². The zero-order valence-corrected chi connectivity index (χ0v) is 17.6. The number of nitro benzene ring substituents is 3. The van der Waals surface area contributed by atoms with Crippen molar-refractivity contribution in [2.24, 2.45) is 0 Å². The third-order valence-corrected chi connectivity index (χ3v) is 3.59. The fraction of sp³-hybridized carbons (Fsp3) is 0.562. The van der Waals surface area contributed by atoms with E-state index in [1.165, 1.54) is 0 Å². The van der Waals surface area contributed by atoms with Crippen LogP contribution in [-0.2, 0) is 11.1 Å². The number of hydrogen-bond acceptors (Lipinski definition) is 9. The Balaban J connectivity index is 0.000000303. The summed E-state index contributed by atoms with van der Waals surface area (Å²) in [5.74, 6) is -0.506. The van der Waals surface area contributed by atoms with Gasteiger partial charge in [0.15, 0.2) is 0 Å². The minimum Gasteiger partial charge on any atom is -0.863 e. The molecule has 0 N–H and O–H groups in total. The lowest BCUT2D eigenvalue weighted by Gasteiger charge is -2.13. The summed E-state index contributed by atoms with van der Waals surface area (Å²) in [6.07, 6.45) is 0. The van der Waals surface area contributed by atoms with Gasteiger partial charge in [-0.15, -0.1) is 4.68 Å². The van der Waals surface area contributed by atoms with E-state index in [-0.39, 0.29) is 11.1 Å². The van der Waals surface area contributed by atoms with E-state index in [2.05, 4.69) is 51.9 Å². The summed E-state index contributed by atoms with van der Waals surface area (Å²) in [7, 11) is 0. The first kappa shape index (κ1) is 24.3. The molecule has 2 rings (SSSR count). The summed E-state index contributed by atoms with van der Waals surface area (Å²) in [4.78, 5) is 29.3. The molecule has 0 saturated carbocycles. The molecule has 0 spiro atoms. The molecule has 1 heterocycles. The molecule has 0 atom stereocenters. The number of nitrogens with zero attached hydrogens (tertiary/aromatic N) is 7. The number of rotatable bonds is 3. The van der Waals surface area contributed by atoms with E-state index in [1.807, 2.05) is 11.6 Å². The van der Waals surface area contributed by atoms with Crippen LogP contribution in [0.2, 0.25) is 0 Å². The largest absolute Gasteiger partial charge is 0.863 e. The molecular formula is C16H23N7O7. The highest BCUT2D eigenvalue weighted by molar-refractivity contribution is 5.63. The van der Waals surface area contributed by atoms with Crippen molar-refractivity contribution in [3.8, 4) is 5.75 Å². The zero-order chi connectivity index (χ0) is 23.6. The van der Waals surface area contributed by atoms with Gasteiger partial charge in [0.2, 0.25) is 0 Å². The van der Waals surface area contributed by atoms with Gasteiger partial charge in [0.1, 0.15) is 11.1 Å². The first-order valence-electron chi connectivity index (χ1n) is 8.62. The monoisotopic (exact) mass is 425 g/mol. The van der Waals surface area contributed by atoms with E-state index in [1.54, 1.807) is 4.80 Å². The normalized spacial score (nSPS) is 11.4. The van der Waals surface area contributed by atoms with E-state index in [4.69, 9.17) is 0 Å². The third kappa shape index (κ3) is 5.65. The summed E-state index contributed by atoms with van der Waals surface area (Å²) in [6, 6.07) is 0.769. The molecule has 1 aromatic heterocycles. The topological polar surface area (TPSA) is 187 Å². The maximum Gasteiger partial charge on any atom is 0.295 e. The number of benzene rings is 1. The van der Waals surface area contributed by atoms with Crippen LogP contribution in [0.1, 0.15) is 47.4 Å². The Morgan fingerprint density at radius 2 is 1.33 bits per heavy atom. The van der Waals surface area contributed by atoms with E-state index < -0.39 is 37.6 Å². The molecule has 14 nitrogen and oxygen atoms in total. The summed E-state index contributed by atoms with van der Waals surface area (Å²) in [5.41, 5.74) is -3.32. The van der Waals surface area contributed by atoms with Crippen molar-refractivity contribution in [2.45, 2.75) is 59.5 Å². The molecule has 0 radical (unpaired) electrons. The van der Waals surface area contributed by atoms with E-state index >= 15 is 0 Å². The summed E-state index contributed by atoms with van der Waals surface area (Å²) in [5, 5.41) is 51.0. The maximum absolute atomic E-state index is 11.1. The van der Waals surface area contributed by atoms with Gasteiger partial charge in [-0.2, -0.15) is 0 Å². The van der Waals surface area contributed by atoms with E-state index in [0.717, 1.165) is 5.82 Å². The minimum atomic E-state index is -1.46. The molecule has 0 aliphatic carbocycles. The van der Waals surface area contributed by atoms with Gasteiger partial charge in [-0.25, -0.2) is 0 Å². The van der Waals surface area contributed by atoms with Crippen molar-refractivity contribution < 1.29 is 24.6 Å². The van der Waals surface area contributed by atoms with Crippen molar-refractivity contribution in [2.75, 3.05) is 0 Å². The van der Waals surface area contributed by atoms with Gasteiger partial charge in [0.05, 0.1) is 43.0 Å². The van der Waals surface area contributed by atoms with Crippen LogP contribution in [0.5, 0.6) is 5.75 Å². The van der Waals surface area contributed by atoms with Crippen molar-refractivity contribution in [1.82, 2.24) is 15.1 Å². The Kier molecular flexibility index (Phi) is 6.77. The molecule has 30 heavy (non-hydrogen) atoms. The molecule has 0 aliphatic rings. The average Bonchev–Trinajstić information content (AvgIpc) is 2.97. The van der Waals surface area contributed by atoms with Gasteiger partial charge in [-0.3, -0.25) is 30.3 Å². The summed E-state index contributed by atoms with van der Waals surface area (Å²) in [6.45, 7) is 14.7. The molecule has 0 fully saturated rings. The predicted molar refractivity (Wildman–Crippen MR) is 101 cm³/mol. The van der Waals surface area contributed by atoms with Crippen LogP contribution in [-0.4, -0.2) is 29.9 Å². The molecule has 1 aromatic carbocycles. The van der Waals surface area contributed by atoms with Crippen LogP contribution in [0.3, 0.4) is 0 Å². The van der Waals surface area contributed by atoms with E-state index in [9.17, 15) is 35.4 Å². The number of aromatic nitrogens is 4. The van der Waals surface area contributed by atoms with Gasteiger partial charge >= 0.3 is 0 Å². The molecule has 2 aromatic rings. The van der Waals surface area contributed by atoms with Crippen molar-refractivity contribution in [3.63, 3.8) is 0 Å². The first-order chi connectivity index (χ1) is 13.5.